The van der Waals surface area contributed by atoms with Crippen molar-refractivity contribution >= 4 is 15.2 Å². The highest BCUT2D eigenvalue weighted by Crippen LogP contribution is 2.57. The molecule has 4 N–H and O–H groups in total. The SMILES string of the molecule is CCC1(CC)c2cc(CP(=O)(O)O)c(CP(=O)(O)O)cc2C(CC)(CC)N1[O]. The van der Waals surface area contributed by atoms with E-state index in [1.807, 2.05) is 27.7 Å². The smallest absolute Gasteiger partial charge is 0.324 e. The van der Waals surface area contributed by atoms with Crippen molar-refractivity contribution in [1.29, 1.82) is 0 Å². The molecule has 8 nitrogen and oxygen atoms in total. The summed E-state index contributed by atoms with van der Waals surface area (Å²) in [5.74, 6) is 0. The normalized spacial score (nSPS) is 19.0. The van der Waals surface area contributed by atoms with Gasteiger partial charge in [0.05, 0.1) is 23.4 Å². The summed E-state index contributed by atoms with van der Waals surface area (Å²) in [5.41, 5.74) is 0.163. The van der Waals surface area contributed by atoms with Crippen LogP contribution in [0.2, 0.25) is 0 Å². The zero-order valence-corrected chi connectivity index (χ0v) is 18.5. The van der Waals surface area contributed by atoms with Crippen LogP contribution >= 0.6 is 15.2 Å². The first-order chi connectivity index (χ1) is 12.8. The summed E-state index contributed by atoms with van der Waals surface area (Å²) in [6.45, 7) is 7.63. The first-order valence-corrected chi connectivity index (χ1v) is 13.1. The molecule has 0 aromatic heterocycles. The van der Waals surface area contributed by atoms with E-state index in [2.05, 4.69) is 0 Å². The van der Waals surface area contributed by atoms with Gasteiger partial charge in [0.25, 0.3) is 0 Å². The van der Waals surface area contributed by atoms with Crippen molar-refractivity contribution in [2.75, 3.05) is 0 Å². The molecule has 10 heteroatoms. The molecule has 28 heavy (non-hydrogen) atoms. The molecule has 0 spiro atoms. The second-order valence-electron chi connectivity index (χ2n) is 7.58. The quantitative estimate of drug-likeness (QED) is 0.457. The van der Waals surface area contributed by atoms with Crippen molar-refractivity contribution in [2.24, 2.45) is 0 Å². The molecular formula is C18H30NO7P2. The van der Waals surface area contributed by atoms with E-state index in [1.165, 1.54) is 0 Å². The molecule has 0 amide bonds. The second kappa shape index (κ2) is 7.93. The Labute approximate surface area is 165 Å². The van der Waals surface area contributed by atoms with Gasteiger partial charge in [-0.15, -0.1) is 10.3 Å². The lowest BCUT2D eigenvalue weighted by atomic mass is 9.81. The molecule has 0 bridgehead atoms. The van der Waals surface area contributed by atoms with Gasteiger partial charge in [0.2, 0.25) is 0 Å². The van der Waals surface area contributed by atoms with Crippen LogP contribution in [0.15, 0.2) is 12.1 Å². The van der Waals surface area contributed by atoms with E-state index >= 15 is 0 Å². The largest absolute Gasteiger partial charge is 0.329 e. The molecule has 159 valence electrons. The summed E-state index contributed by atoms with van der Waals surface area (Å²) in [5, 5.41) is 14.7. The molecule has 2 rings (SSSR count). The van der Waals surface area contributed by atoms with Crippen LogP contribution in [-0.4, -0.2) is 24.6 Å². The van der Waals surface area contributed by atoms with Crippen molar-refractivity contribution in [3.05, 3.63) is 34.4 Å². The van der Waals surface area contributed by atoms with Gasteiger partial charge in [0.15, 0.2) is 0 Å². The third-order valence-corrected chi connectivity index (χ3v) is 7.72. The molecule has 1 aromatic carbocycles. The van der Waals surface area contributed by atoms with E-state index in [9.17, 15) is 33.9 Å². The van der Waals surface area contributed by atoms with Gasteiger partial charge in [0.1, 0.15) is 0 Å². The standard InChI is InChI=1S/C18H30NO7P2/c1-5-17(6-2)15-9-13(11-27(21,22)23)14(12-28(24,25)26)10-16(15)18(7-3,8-4)19(17)20/h9-10H,5-8,11-12H2,1-4H3,(H2,21,22,23)(H2,24,25,26). The zero-order valence-electron chi connectivity index (χ0n) is 16.8. The molecular weight excluding hydrogens is 404 g/mol. The van der Waals surface area contributed by atoms with E-state index in [0.29, 0.717) is 36.8 Å². The maximum absolute atomic E-state index is 13.5. The molecule has 1 heterocycles. The summed E-state index contributed by atoms with van der Waals surface area (Å²) in [6.07, 6.45) is 0.847. The molecule has 1 aromatic rings. The zero-order chi connectivity index (χ0) is 21.5. The monoisotopic (exact) mass is 434 g/mol. The topological polar surface area (TPSA) is 138 Å². The first kappa shape index (κ1) is 23.7. The van der Waals surface area contributed by atoms with Gasteiger partial charge >= 0.3 is 15.2 Å². The Morgan fingerprint density at radius 1 is 0.750 bits per heavy atom. The van der Waals surface area contributed by atoms with Crippen molar-refractivity contribution in [2.45, 2.75) is 76.8 Å². The minimum Gasteiger partial charge on any atom is -0.324 e. The Kier molecular flexibility index (Phi) is 6.72. The van der Waals surface area contributed by atoms with Gasteiger partial charge < -0.3 is 19.6 Å². The maximum atomic E-state index is 13.5. The van der Waals surface area contributed by atoms with E-state index in [-0.39, 0.29) is 11.1 Å². The van der Waals surface area contributed by atoms with Crippen LogP contribution in [0.1, 0.15) is 75.6 Å². The lowest BCUT2D eigenvalue weighted by molar-refractivity contribution is -0.287. The Balaban J connectivity index is 2.86. The lowest BCUT2D eigenvalue weighted by Gasteiger charge is -2.40. The molecule has 1 radical (unpaired) electrons. The van der Waals surface area contributed by atoms with Crippen molar-refractivity contribution < 1.29 is 33.9 Å². The van der Waals surface area contributed by atoms with Crippen LogP contribution in [0.4, 0.5) is 0 Å². The number of rotatable bonds is 8. The molecule has 0 unspecified atom stereocenters. The molecule has 0 saturated carbocycles. The average Bonchev–Trinajstić information content (AvgIpc) is 2.77. The Bertz CT molecular complexity index is 754. The van der Waals surface area contributed by atoms with Gasteiger partial charge in [-0.2, -0.15) is 0 Å². The van der Waals surface area contributed by atoms with Gasteiger partial charge in [-0.05, 0) is 47.9 Å². The molecule has 0 saturated heterocycles. The van der Waals surface area contributed by atoms with E-state index < -0.39 is 38.6 Å². The Morgan fingerprint density at radius 2 is 1.04 bits per heavy atom. The lowest BCUT2D eigenvalue weighted by Crippen LogP contribution is -2.47. The van der Waals surface area contributed by atoms with Crippen LogP contribution in [0.25, 0.3) is 0 Å². The number of hydrogen-bond donors (Lipinski definition) is 4. The number of nitrogens with zero attached hydrogens (tertiary/aromatic N) is 1. The van der Waals surface area contributed by atoms with Gasteiger partial charge in [-0.3, -0.25) is 9.13 Å². The maximum Gasteiger partial charge on any atom is 0.329 e. The van der Waals surface area contributed by atoms with Gasteiger partial charge in [-0.25, -0.2) is 0 Å². The van der Waals surface area contributed by atoms with E-state index in [0.717, 1.165) is 5.06 Å². The minimum atomic E-state index is -4.47. The van der Waals surface area contributed by atoms with Crippen molar-refractivity contribution in [3.63, 3.8) is 0 Å². The first-order valence-electron chi connectivity index (χ1n) is 9.53. The fourth-order valence-electron chi connectivity index (χ4n) is 4.66. The Hall–Kier alpha value is -0.560. The highest BCUT2D eigenvalue weighted by atomic mass is 31.2. The van der Waals surface area contributed by atoms with Crippen LogP contribution in [0.3, 0.4) is 0 Å². The summed E-state index contributed by atoms with van der Waals surface area (Å²) in [6, 6.07) is 3.20. The number of hydrogen-bond acceptors (Lipinski definition) is 3. The van der Waals surface area contributed by atoms with Crippen molar-refractivity contribution in [3.8, 4) is 0 Å². The molecule has 1 aliphatic rings. The molecule has 0 aliphatic carbocycles. The highest BCUT2D eigenvalue weighted by Gasteiger charge is 2.56. The van der Waals surface area contributed by atoms with Crippen LogP contribution in [-0.2, 0) is 37.7 Å². The van der Waals surface area contributed by atoms with Crippen LogP contribution in [0.5, 0.6) is 0 Å². The summed E-state index contributed by atoms with van der Waals surface area (Å²) < 4.78 is 23.3. The van der Waals surface area contributed by atoms with Crippen LogP contribution < -0.4 is 0 Å². The number of hydroxylamine groups is 2. The molecule has 0 fully saturated rings. The Morgan fingerprint density at radius 3 is 1.25 bits per heavy atom. The fraction of sp³-hybridized carbons (Fsp3) is 0.667. The third kappa shape index (κ3) is 4.03. The fourth-order valence-corrected chi connectivity index (χ4v) is 6.14. The summed E-state index contributed by atoms with van der Waals surface area (Å²) in [7, 11) is -8.94. The van der Waals surface area contributed by atoms with Gasteiger partial charge in [0, 0.05) is 0 Å². The summed E-state index contributed by atoms with van der Waals surface area (Å²) >= 11 is 0. The van der Waals surface area contributed by atoms with Gasteiger partial charge in [-0.1, -0.05) is 39.8 Å². The molecule has 1 aliphatic heterocycles. The minimum absolute atomic E-state index is 0.193. The predicted octanol–water partition coefficient (Wildman–Crippen LogP) is 3.73. The van der Waals surface area contributed by atoms with E-state index in [4.69, 9.17) is 0 Å². The van der Waals surface area contributed by atoms with E-state index in [1.54, 1.807) is 12.1 Å². The number of fused-ring (bicyclic) bond motifs is 1. The number of benzene rings is 1. The summed E-state index contributed by atoms with van der Waals surface area (Å²) in [4.78, 5) is 37.9. The second-order valence-corrected chi connectivity index (χ2v) is 10.9. The van der Waals surface area contributed by atoms with Crippen LogP contribution in [0, 0.1) is 0 Å². The third-order valence-electron chi connectivity index (χ3n) is 6.21. The van der Waals surface area contributed by atoms with Crippen molar-refractivity contribution in [1.82, 2.24) is 5.06 Å². The molecule has 0 atom stereocenters. The predicted molar refractivity (Wildman–Crippen MR) is 105 cm³/mol. The highest BCUT2D eigenvalue weighted by molar-refractivity contribution is 7.51. The average molecular weight is 434 g/mol.